The van der Waals surface area contributed by atoms with Crippen LogP contribution in [0.3, 0.4) is 0 Å². The molecule has 1 atom stereocenters. The number of rotatable bonds is 6. The van der Waals surface area contributed by atoms with E-state index in [2.05, 4.69) is 11.4 Å². The van der Waals surface area contributed by atoms with Crippen molar-refractivity contribution in [1.82, 2.24) is 5.32 Å². The summed E-state index contributed by atoms with van der Waals surface area (Å²) in [5.74, 6) is -0.548. The van der Waals surface area contributed by atoms with Crippen LogP contribution in [0.25, 0.3) is 0 Å². The predicted octanol–water partition coefficient (Wildman–Crippen LogP) is 3.84. The standard InChI is InChI=1S/C21H23F3N2O3S/c1-14(16-7-6-15-4-3-5-17(15)12-16)25-20(27)13-26(30(2,28)29)19-10-8-18(9-11-19)21(22,23)24/h6-12,14H,3-5,13H2,1-2H3,(H,25,27). The predicted molar refractivity (Wildman–Crippen MR) is 109 cm³/mol. The van der Waals surface area contributed by atoms with Gasteiger partial charge in [0.1, 0.15) is 6.54 Å². The van der Waals surface area contributed by atoms with Crippen LogP contribution in [-0.4, -0.2) is 27.1 Å². The smallest absolute Gasteiger partial charge is 0.348 e. The number of nitrogens with one attached hydrogen (secondary N) is 1. The van der Waals surface area contributed by atoms with Gasteiger partial charge >= 0.3 is 6.18 Å². The topological polar surface area (TPSA) is 66.5 Å². The maximum atomic E-state index is 12.8. The molecule has 162 valence electrons. The molecule has 9 heteroatoms. The number of benzene rings is 2. The minimum atomic E-state index is -4.53. The lowest BCUT2D eigenvalue weighted by atomic mass is 10.0. The number of sulfonamides is 1. The quantitative estimate of drug-likeness (QED) is 0.742. The van der Waals surface area contributed by atoms with Gasteiger partial charge in [0.25, 0.3) is 0 Å². The molecule has 2 aromatic rings. The van der Waals surface area contributed by atoms with Crippen molar-refractivity contribution in [2.45, 2.75) is 38.4 Å². The SMILES string of the molecule is CC(NC(=O)CN(c1ccc(C(F)(F)F)cc1)S(C)(=O)=O)c1ccc2c(c1)CCC2. The lowest BCUT2D eigenvalue weighted by molar-refractivity contribution is -0.137. The first kappa shape index (κ1) is 22.1. The van der Waals surface area contributed by atoms with E-state index in [9.17, 15) is 26.4 Å². The highest BCUT2D eigenvalue weighted by Crippen LogP contribution is 2.31. The number of nitrogens with zero attached hydrogens (tertiary/aromatic N) is 1. The fraction of sp³-hybridized carbons (Fsp3) is 0.381. The number of amides is 1. The summed E-state index contributed by atoms with van der Waals surface area (Å²) in [5.41, 5.74) is 2.59. The van der Waals surface area contributed by atoms with Crippen LogP contribution in [0.15, 0.2) is 42.5 Å². The molecule has 1 N–H and O–H groups in total. The minimum absolute atomic E-state index is 0.00849. The van der Waals surface area contributed by atoms with E-state index in [4.69, 9.17) is 0 Å². The van der Waals surface area contributed by atoms with Crippen molar-refractivity contribution in [2.75, 3.05) is 17.1 Å². The number of anilines is 1. The molecule has 0 saturated carbocycles. The average Bonchev–Trinajstić information content (AvgIpc) is 3.12. The molecule has 0 bridgehead atoms. The largest absolute Gasteiger partial charge is 0.416 e. The van der Waals surface area contributed by atoms with Crippen LogP contribution in [-0.2, 0) is 33.8 Å². The van der Waals surface area contributed by atoms with Crippen molar-refractivity contribution in [1.29, 1.82) is 0 Å². The van der Waals surface area contributed by atoms with E-state index >= 15 is 0 Å². The summed E-state index contributed by atoms with van der Waals surface area (Å²) >= 11 is 0. The van der Waals surface area contributed by atoms with Crippen molar-refractivity contribution in [3.8, 4) is 0 Å². The first-order chi connectivity index (χ1) is 13.9. The highest BCUT2D eigenvalue weighted by molar-refractivity contribution is 7.92. The van der Waals surface area contributed by atoms with Gasteiger partial charge in [-0.25, -0.2) is 8.42 Å². The fourth-order valence-electron chi connectivity index (χ4n) is 3.58. The van der Waals surface area contributed by atoms with Crippen molar-refractivity contribution in [3.63, 3.8) is 0 Å². The summed E-state index contributed by atoms with van der Waals surface area (Å²) in [5, 5.41) is 2.77. The van der Waals surface area contributed by atoms with E-state index in [1.54, 1.807) is 6.92 Å². The molecule has 0 aliphatic heterocycles. The van der Waals surface area contributed by atoms with Gasteiger partial charge in [-0.1, -0.05) is 18.2 Å². The minimum Gasteiger partial charge on any atom is -0.348 e. The molecule has 1 aliphatic rings. The van der Waals surface area contributed by atoms with E-state index in [1.807, 2.05) is 12.1 Å². The second-order valence-corrected chi connectivity index (χ2v) is 9.39. The van der Waals surface area contributed by atoms with Gasteiger partial charge < -0.3 is 5.32 Å². The Balaban J connectivity index is 1.73. The molecule has 0 radical (unpaired) electrons. The summed E-state index contributed by atoms with van der Waals surface area (Å²) < 4.78 is 63.4. The Bertz CT molecular complexity index is 1030. The number of halogens is 3. The number of aryl methyl sites for hydroxylation is 2. The number of carbonyl (C=O) groups excluding carboxylic acids is 1. The molecule has 0 spiro atoms. The van der Waals surface area contributed by atoms with Crippen molar-refractivity contribution in [2.24, 2.45) is 0 Å². The van der Waals surface area contributed by atoms with Gasteiger partial charge in [0, 0.05) is 0 Å². The normalized spacial score (nSPS) is 14.8. The molecule has 0 heterocycles. The van der Waals surface area contributed by atoms with E-state index < -0.39 is 34.2 Å². The van der Waals surface area contributed by atoms with Gasteiger partial charge in [-0.3, -0.25) is 9.10 Å². The van der Waals surface area contributed by atoms with E-state index in [0.29, 0.717) is 0 Å². The van der Waals surface area contributed by atoms with Crippen LogP contribution in [0, 0.1) is 0 Å². The van der Waals surface area contributed by atoms with Crippen LogP contribution in [0.4, 0.5) is 18.9 Å². The molecule has 3 rings (SSSR count). The number of hydrogen-bond donors (Lipinski definition) is 1. The Hall–Kier alpha value is -2.55. The van der Waals surface area contributed by atoms with Gasteiger partial charge in [-0.15, -0.1) is 0 Å². The Labute approximate surface area is 173 Å². The molecule has 0 saturated heterocycles. The second-order valence-electron chi connectivity index (χ2n) is 7.49. The number of carbonyl (C=O) groups is 1. The zero-order valence-corrected chi connectivity index (χ0v) is 17.5. The third-order valence-corrected chi connectivity index (χ3v) is 6.31. The highest BCUT2D eigenvalue weighted by atomic mass is 32.2. The number of alkyl halides is 3. The van der Waals surface area contributed by atoms with Gasteiger partial charge in [0.2, 0.25) is 15.9 Å². The fourth-order valence-corrected chi connectivity index (χ4v) is 4.44. The Morgan fingerprint density at radius 2 is 1.73 bits per heavy atom. The van der Waals surface area contributed by atoms with E-state index in [1.165, 1.54) is 11.1 Å². The number of fused-ring (bicyclic) bond motifs is 1. The number of hydrogen-bond acceptors (Lipinski definition) is 3. The Morgan fingerprint density at radius 1 is 1.10 bits per heavy atom. The van der Waals surface area contributed by atoms with Crippen molar-refractivity contribution >= 4 is 21.6 Å². The molecule has 5 nitrogen and oxygen atoms in total. The molecule has 1 unspecified atom stereocenters. The Morgan fingerprint density at radius 3 is 2.33 bits per heavy atom. The van der Waals surface area contributed by atoms with Crippen molar-refractivity contribution < 1.29 is 26.4 Å². The molecule has 0 aromatic heterocycles. The molecule has 0 fully saturated rings. The lowest BCUT2D eigenvalue weighted by Crippen LogP contribution is -2.41. The van der Waals surface area contributed by atoms with Gasteiger partial charge in [-0.05, 0) is 67.1 Å². The van der Waals surface area contributed by atoms with E-state index in [-0.39, 0.29) is 11.7 Å². The van der Waals surface area contributed by atoms with E-state index in [0.717, 1.165) is 59.7 Å². The van der Waals surface area contributed by atoms with Gasteiger partial charge in [0.15, 0.2) is 0 Å². The third kappa shape index (κ3) is 5.13. The zero-order chi connectivity index (χ0) is 22.1. The molecular formula is C21H23F3N2O3S. The summed E-state index contributed by atoms with van der Waals surface area (Å²) in [6, 6.07) is 9.37. The summed E-state index contributed by atoms with van der Waals surface area (Å²) in [7, 11) is -3.88. The van der Waals surface area contributed by atoms with Crippen LogP contribution in [0.1, 0.15) is 41.6 Å². The van der Waals surface area contributed by atoms with Crippen LogP contribution < -0.4 is 9.62 Å². The molecule has 1 amide bonds. The first-order valence-corrected chi connectivity index (χ1v) is 11.4. The van der Waals surface area contributed by atoms with Crippen LogP contribution in [0.2, 0.25) is 0 Å². The lowest BCUT2D eigenvalue weighted by Gasteiger charge is -2.24. The summed E-state index contributed by atoms with van der Waals surface area (Å²) in [6.45, 7) is 1.27. The first-order valence-electron chi connectivity index (χ1n) is 9.51. The van der Waals surface area contributed by atoms with Gasteiger partial charge in [0.05, 0.1) is 23.5 Å². The second kappa shape index (κ2) is 8.29. The molecular weight excluding hydrogens is 417 g/mol. The molecule has 2 aromatic carbocycles. The monoisotopic (exact) mass is 440 g/mol. The van der Waals surface area contributed by atoms with Crippen LogP contribution in [0.5, 0.6) is 0 Å². The molecule has 30 heavy (non-hydrogen) atoms. The maximum absolute atomic E-state index is 12.8. The Kier molecular flexibility index (Phi) is 6.12. The van der Waals surface area contributed by atoms with Crippen molar-refractivity contribution in [3.05, 3.63) is 64.7 Å². The maximum Gasteiger partial charge on any atom is 0.416 e. The average molecular weight is 440 g/mol. The van der Waals surface area contributed by atoms with Crippen LogP contribution >= 0.6 is 0 Å². The summed E-state index contributed by atoms with van der Waals surface area (Å²) in [4.78, 5) is 12.5. The third-order valence-electron chi connectivity index (χ3n) is 5.17. The zero-order valence-electron chi connectivity index (χ0n) is 16.7. The molecule has 1 aliphatic carbocycles. The highest BCUT2D eigenvalue weighted by Gasteiger charge is 2.31. The summed E-state index contributed by atoms with van der Waals surface area (Å²) in [6.07, 6.45) is -0.471. The van der Waals surface area contributed by atoms with Gasteiger partial charge in [-0.2, -0.15) is 13.2 Å².